The summed E-state index contributed by atoms with van der Waals surface area (Å²) in [5, 5.41) is 13.8. The van der Waals surface area contributed by atoms with E-state index >= 15 is 0 Å². The summed E-state index contributed by atoms with van der Waals surface area (Å²) in [6.45, 7) is 7.49. The summed E-state index contributed by atoms with van der Waals surface area (Å²) < 4.78 is 0. The van der Waals surface area contributed by atoms with E-state index in [0.29, 0.717) is 12.0 Å². The van der Waals surface area contributed by atoms with E-state index in [2.05, 4.69) is 26.1 Å². The first-order chi connectivity index (χ1) is 7.07. The predicted molar refractivity (Wildman–Crippen MR) is 65.0 cm³/mol. The quantitative estimate of drug-likeness (QED) is 0.736. The molecule has 2 N–H and O–H groups in total. The fourth-order valence-electron chi connectivity index (χ4n) is 2.29. The molecule has 90 valence electrons. The molecule has 1 rings (SSSR count). The Morgan fingerprint density at radius 2 is 1.80 bits per heavy atom. The van der Waals surface area contributed by atoms with Crippen molar-refractivity contribution in [1.82, 2.24) is 5.32 Å². The van der Waals surface area contributed by atoms with E-state index < -0.39 is 5.60 Å². The van der Waals surface area contributed by atoms with Gasteiger partial charge in [0.05, 0.1) is 5.60 Å². The maximum Gasteiger partial charge on any atom is 0.0771 e. The molecule has 1 aliphatic carbocycles. The molecule has 2 atom stereocenters. The summed E-state index contributed by atoms with van der Waals surface area (Å²) in [4.78, 5) is 0. The van der Waals surface area contributed by atoms with Gasteiger partial charge in [-0.05, 0) is 25.7 Å². The van der Waals surface area contributed by atoms with Gasteiger partial charge in [-0.3, -0.25) is 0 Å². The first-order valence-electron chi connectivity index (χ1n) is 6.53. The minimum absolute atomic E-state index is 0.417. The molecule has 0 aliphatic heterocycles. The first-order valence-corrected chi connectivity index (χ1v) is 6.53. The molecular weight excluding hydrogens is 186 g/mol. The van der Waals surface area contributed by atoms with Crippen molar-refractivity contribution in [2.75, 3.05) is 6.54 Å². The van der Waals surface area contributed by atoms with Gasteiger partial charge in [0.2, 0.25) is 0 Å². The van der Waals surface area contributed by atoms with Crippen LogP contribution in [-0.2, 0) is 0 Å². The van der Waals surface area contributed by atoms with Gasteiger partial charge in [0, 0.05) is 12.6 Å². The molecule has 0 unspecified atom stereocenters. The van der Waals surface area contributed by atoms with Gasteiger partial charge in [0.1, 0.15) is 0 Å². The van der Waals surface area contributed by atoms with Gasteiger partial charge in [-0.15, -0.1) is 0 Å². The van der Waals surface area contributed by atoms with Crippen LogP contribution in [0.25, 0.3) is 0 Å². The van der Waals surface area contributed by atoms with Crippen molar-refractivity contribution in [1.29, 1.82) is 0 Å². The summed E-state index contributed by atoms with van der Waals surface area (Å²) >= 11 is 0. The second kappa shape index (κ2) is 5.86. The molecule has 0 radical (unpaired) electrons. The number of rotatable bonds is 5. The third-order valence-electron chi connectivity index (χ3n) is 4.03. The molecule has 0 heterocycles. The zero-order valence-corrected chi connectivity index (χ0v) is 10.6. The van der Waals surface area contributed by atoms with Crippen LogP contribution in [0.15, 0.2) is 0 Å². The van der Waals surface area contributed by atoms with E-state index in [-0.39, 0.29) is 0 Å². The summed E-state index contributed by atoms with van der Waals surface area (Å²) in [6.07, 6.45) is 6.84. The molecule has 0 aromatic rings. The van der Waals surface area contributed by atoms with Crippen molar-refractivity contribution in [2.45, 2.75) is 70.9 Å². The SMILES string of the molecule is CC[C@@H](C)[C@@H](C)NCC1(O)CCCCC1. The second-order valence-corrected chi connectivity index (χ2v) is 5.34. The normalized spacial score (nSPS) is 24.8. The van der Waals surface area contributed by atoms with Crippen LogP contribution in [0.4, 0.5) is 0 Å². The van der Waals surface area contributed by atoms with Crippen molar-refractivity contribution >= 4 is 0 Å². The molecule has 0 spiro atoms. The fraction of sp³-hybridized carbons (Fsp3) is 1.00. The fourth-order valence-corrected chi connectivity index (χ4v) is 2.29. The topological polar surface area (TPSA) is 32.3 Å². The minimum Gasteiger partial charge on any atom is -0.389 e. The lowest BCUT2D eigenvalue weighted by Crippen LogP contribution is -2.46. The Bertz CT molecular complexity index is 175. The Morgan fingerprint density at radius 1 is 1.20 bits per heavy atom. The van der Waals surface area contributed by atoms with Crippen molar-refractivity contribution in [2.24, 2.45) is 5.92 Å². The van der Waals surface area contributed by atoms with Crippen LogP contribution in [0.1, 0.15) is 59.3 Å². The molecule has 0 aromatic carbocycles. The van der Waals surface area contributed by atoms with Gasteiger partial charge in [0.25, 0.3) is 0 Å². The largest absolute Gasteiger partial charge is 0.389 e. The third-order valence-corrected chi connectivity index (χ3v) is 4.03. The van der Waals surface area contributed by atoms with Crippen molar-refractivity contribution in [3.63, 3.8) is 0 Å². The van der Waals surface area contributed by atoms with Gasteiger partial charge >= 0.3 is 0 Å². The molecule has 0 aromatic heterocycles. The van der Waals surface area contributed by atoms with Gasteiger partial charge in [-0.25, -0.2) is 0 Å². The average molecular weight is 213 g/mol. The van der Waals surface area contributed by atoms with Crippen LogP contribution in [-0.4, -0.2) is 23.3 Å². The summed E-state index contributed by atoms with van der Waals surface area (Å²) in [5.41, 5.74) is -0.417. The lowest BCUT2D eigenvalue weighted by Gasteiger charge is -2.34. The Balaban J connectivity index is 2.28. The Morgan fingerprint density at radius 3 is 2.33 bits per heavy atom. The maximum absolute atomic E-state index is 10.3. The van der Waals surface area contributed by atoms with Crippen molar-refractivity contribution in [3.8, 4) is 0 Å². The highest BCUT2D eigenvalue weighted by Gasteiger charge is 2.29. The highest BCUT2D eigenvalue weighted by atomic mass is 16.3. The zero-order valence-electron chi connectivity index (χ0n) is 10.6. The third kappa shape index (κ3) is 4.12. The van der Waals surface area contributed by atoms with E-state index in [1.807, 2.05) is 0 Å². The van der Waals surface area contributed by atoms with Gasteiger partial charge in [-0.1, -0.05) is 39.5 Å². The molecular formula is C13H27NO. The Kier molecular flexibility index (Phi) is 5.07. The van der Waals surface area contributed by atoms with Crippen LogP contribution in [0.3, 0.4) is 0 Å². The lowest BCUT2D eigenvalue weighted by molar-refractivity contribution is 0.00173. The number of aliphatic hydroxyl groups is 1. The molecule has 2 nitrogen and oxygen atoms in total. The van der Waals surface area contributed by atoms with E-state index in [4.69, 9.17) is 0 Å². The Labute approximate surface area is 94.5 Å². The van der Waals surface area contributed by atoms with Crippen LogP contribution in [0.5, 0.6) is 0 Å². The number of hydrogen-bond donors (Lipinski definition) is 2. The molecule has 1 saturated carbocycles. The van der Waals surface area contributed by atoms with Crippen LogP contribution < -0.4 is 5.32 Å². The van der Waals surface area contributed by atoms with Crippen LogP contribution in [0, 0.1) is 5.92 Å². The number of nitrogens with one attached hydrogen (secondary N) is 1. The highest BCUT2D eigenvalue weighted by Crippen LogP contribution is 2.27. The first kappa shape index (κ1) is 13.0. The molecule has 15 heavy (non-hydrogen) atoms. The van der Waals surface area contributed by atoms with E-state index in [0.717, 1.165) is 19.4 Å². The highest BCUT2D eigenvalue weighted by molar-refractivity contribution is 4.85. The van der Waals surface area contributed by atoms with Crippen molar-refractivity contribution in [3.05, 3.63) is 0 Å². The monoisotopic (exact) mass is 213 g/mol. The van der Waals surface area contributed by atoms with E-state index in [1.54, 1.807) is 0 Å². The molecule has 0 bridgehead atoms. The van der Waals surface area contributed by atoms with E-state index in [1.165, 1.54) is 25.7 Å². The molecule has 0 amide bonds. The van der Waals surface area contributed by atoms with Crippen LogP contribution >= 0.6 is 0 Å². The van der Waals surface area contributed by atoms with Gasteiger partial charge in [0.15, 0.2) is 0 Å². The summed E-state index contributed by atoms with van der Waals surface area (Å²) in [7, 11) is 0. The smallest absolute Gasteiger partial charge is 0.0771 e. The molecule has 0 saturated heterocycles. The number of hydrogen-bond acceptors (Lipinski definition) is 2. The zero-order chi connectivity index (χ0) is 11.3. The van der Waals surface area contributed by atoms with Gasteiger partial charge in [-0.2, -0.15) is 0 Å². The Hall–Kier alpha value is -0.0800. The maximum atomic E-state index is 10.3. The molecule has 1 aliphatic rings. The lowest BCUT2D eigenvalue weighted by atomic mass is 9.84. The predicted octanol–water partition coefficient (Wildman–Crippen LogP) is 2.71. The molecule has 1 fully saturated rings. The van der Waals surface area contributed by atoms with Crippen LogP contribution in [0.2, 0.25) is 0 Å². The second-order valence-electron chi connectivity index (χ2n) is 5.34. The standard InChI is InChI=1S/C13H27NO/c1-4-11(2)12(3)14-10-13(15)8-6-5-7-9-13/h11-12,14-15H,4-10H2,1-3H3/t11-,12-/m1/s1. The minimum atomic E-state index is -0.417. The summed E-state index contributed by atoms with van der Waals surface area (Å²) in [5.74, 6) is 0.692. The summed E-state index contributed by atoms with van der Waals surface area (Å²) in [6, 6.07) is 0.515. The van der Waals surface area contributed by atoms with Gasteiger partial charge < -0.3 is 10.4 Å². The molecule has 2 heteroatoms. The average Bonchev–Trinajstić information content (AvgIpc) is 2.26. The van der Waals surface area contributed by atoms with E-state index in [9.17, 15) is 5.11 Å². The van der Waals surface area contributed by atoms with Crippen molar-refractivity contribution < 1.29 is 5.11 Å².